The zero-order chi connectivity index (χ0) is 14.4. The Morgan fingerprint density at radius 2 is 1.22 bits per heavy atom. The van der Waals surface area contributed by atoms with Crippen LogP contribution in [0.5, 0.6) is 0 Å². The third-order valence-electron chi connectivity index (χ3n) is 4.15. The SMILES string of the molecule is C[C](C)(C)[Sn]([c]1ncn[nH]1)([C](C)(C)C)[C](C)(C)C. The number of nitrogens with one attached hydrogen (secondary N) is 1. The van der Waals surface area contributed by atoms with Crippen molar-refractivity contribution in [2.75, 3.05) is 0 Å². The third-order valence-corrected chi connectivity index (χ3v) is 26.1. The molecule has 0 spiro atoms. The Bertz CT molecular complexity index is 352. The zero-order valence-electron chi connectivity index (χ0n) is 13.5. The second-order valence-electron chi connectivity index (χ2n) is 8.33. The molecule has 0 amide bonds. The van der Waals surface area contributed by atoms with E-state index < -0.39 is 18.4 Å². The molecule has 1 rings (SSSR count). The van der Waals surface area contributed by atoms with Crippen LogP contribution in [-0.2, 0) is 0 Å². The first-order chi connectivity index (χ1) is 7.86. The van der Waals surface area contributed by atoms with Gasteiger partial charge in [0.25, 0.3) is 0 Å². The predicted octanol–water partition coefficient (Wildman–Crippen LogP) is 3.86. The van der Waals surface area contributed by atoms with E-state index in [0.29, 0.717) is 0 Å². The fraction of sp³-hybridized carbons (Fsp3) is 0.857. The average Bonchev–Trinajstić information content (AvgIpc) is 2.48. The summed E-state index contributed by atoms with van der Waals surface area (Å²) in [5, 5.41) is 7.37. The predicted molar refractivity (Wildman–Crippen MR) is 80.9 cm³/mol. The molecule has 3 nitrogen and oxygen atoms in total. The molecule has 0 aromatic carbocycles. The van der Waals surface area contributed by atoms with Crippen molar-refractivity contribution in [1.82, 2.24) is 15.2 Å². The number of hydrogen-bond acceptors (Lipinski definition) is 2. The molecule has 1 aromatic rings. The van der Waals surface area contributed by atoms with Crippen LogP contribution in [0.2, 0.25) is 10.3 Å². The summed E-state index contributed by atoms with van der Waals surface area (Å²) in [7, 11) is 0. The van der Waals surface area contributed by atoms with E-state index in [1.165, 1.54) is 3.84 Å². The second kappa shape index (κ2) is 4.50. The van der Waals surface area contributed by atoms with Gasteiger partial charge < -0.3 is 0 Å². The van der Waals surface area contributed by atoms with Gasteiger partial charge in [0, 0.05) is 0 Å². The second-order valence-corrected chi connectivity index (χ2v) is 26.8. The molecule has 0 fully saturated rings. The van der Waals surface area contributed by atoms with Crippen molar-refractivity contribution < 1.29 is 0 Å². The molecule has 0 saturated carbocycles. The van der Waals surface area contributed by atoms with Crippen molar-refractivity contribution in [2.45, 2.75) is 72.6 Å². The molecule has 0 radical (unpaired) electrons. The molecule has 0 atom stereocenters. The Balaban J connectivity index is 3.70. The van der Waals surface area contributed by atoms with E-state index in [-0.39, 0.29) is 10.3 Å². The van der Waals surface area contributed by atoms with Crippen molar-refractivity contribution in [1.29, 1.82) is 0 Å². The Morgan fingerprint density at radius 3 is 1.44 bits per heavy atom. The molecule has 0 aliphatic carbocycles. The van der Waals surface area contributed by atoms with E-state index in [9.17, 15) is 0 Å². The Hall–Kier alpha value is -0.0613. The zero-order valence-corrected chi connectivity index (χ0v) is 16.3. The number of nitrogens with zero attached hydrogens (tertiary/aromatic N) is 2. The summed E-state index contributed by atoms with van der Waals surface area (Å²) in [6, 6.07) is 0. The van der Waals surface area contributed by atoms with E-state index in [0.717, 1.165) is 0 Å². The normalized spacial score (nSPS) is 14.9. The van der Waals surface area contributed by atoms with Gasteiger partial charge in [-0.15, -0.1) is 0 Å². The number of H-pyrrole nitrogens is 1. The minimum absolute atomic E-state index is 0.282. The summed E-state index contributed by atoms with van der Waals surface area (Å²) in [6.45, 7) is 21.5. The number of rotatable bonds is 1. The Morgan fingerprint density at radius 1 is 0.833 bits per heavy atom. The van der Waals surface area contributed by atoms with E-state index in [1.807, 2.05) is 0 Å². The van der Waals surface area contributed by atoms with E-state index in [2.05, 4.69) is 77.5 Å². The van der Waals surface area contributed by atoms with Crippen LogP contribution in [-0.4, -0.2) is 33.6 Å². The maximum atomic E-state index is 4.61. The molecule has 4 heteroatoms. The van der Waals surface area contributed by atoms with Crippen LogP contribution < -0.4 is 3.84 Å². The average molecular weight is 358 g/mol. The summed E-state index contributed by atoms with van der Waals surface area (Å²) in [4.78, 5) is 4.61. The molecule has 0 saturated heterocycles. The molecule has 0 aliphatic heterocycles. The first kappa shape index (κ1) is 16.0. The van der Waals surface area contributed by atoms with Gasteiger partial charge in [-0.2, -0.15) is 0 Å². The van der Waals surface area contributed by atoms with Gasteiger partial charge in [-0.1, -0.05) is 0 Å². The number of aromatic amines is 1. The molecular formula is C14H29N3Sn. The first-order valence-corrected chi connectivity index (χ1v) is 12.4. The Labute approximate surface area is 116 Å². The van der Waals surface area contributed by atoms with Gasteiger partial charge in [-0.05, 0) is 0 Å². The van der Waals surface area contributed by atoms with Crippen LogP contribution in [0.25, 0.3) is 0 Å². The monoisotopic (exact) mass is 359 g/mol. The van der Waals surface area contributed by atoms with Gasteiger partial charge in [-0.25, -0.2) is 0 Å². The van der Waals surface area contributed by atoms with Crippen molar-refractivity contribution in [3.05, 3.63) is 6.33 Å². The van der Waals surface area contributed by atoms with E-state index >= 15 is 0 Å². The fourth-order valence-electron chi connectivity index (χ4n) is 4.83. The quantitative estimate of drug-likeness (QED) is 0.775. The fourth-order valence-corrected chi connectivity index (χ4v) is 31.6. The number of aromatic nitrogens is 3. The van der Waals surface area contributed by atoms with Crippen LogP contribution in [0.4, 0.5) is 0 Å². The van der Waals surface area contributed by atoms with E-state index in [4.69, 9.17) is 0 Å². The summed E-state index contributed by atoms with van der Waals surface area (Å²) >= 11 is -2.91. The molecule has 1 heterocycles. The summed E-state index contributed by atoms with van der Waals surface area (Å²) in [5.74, 6) is 0. The Kier molecular flexibility index (Phi) is 3.99. The van der Waals surface area contributed by atoms with Gasteiger partial charge >= 0.3 is 116 Å². The van der Waals surface area contributed by atoms with Crippen LogP contribution >= 0.6 is 0 Å². The van der Waals surface area contributed by atoms with Gasteiger partial charge in [-0.3, -0.25) is 0 Å². The van der Waals surface area contributed by atoms with Gasteiger partial charge in [0.05, 0.1) is 0 Å². The van der Waals surface area contributed by atoms with Gasteiger partial charge in [0.15, 0.2) is 0 Å². The molecule has 0 bridgehead atoms. The van der Waals surface area contributed by atoms with Gasteiger partial charge in [0.1, 0.15) is 0 Å². The molecule has 1 aromatic heterocycles. The third kappa shape index (κ3) is 2.23. The molecule has 0 unspecified atom stereocenters. The molecule has 18 heavy (non-hydrogen) atoms. The molecular weight excluding hydrogens is 329 g/mol. The van der Waals surface area contributed by atoms with E-state index in [1.54, 1.807) is 6.33 Å². The maximum absolute atomic E-state index is 4.61. The minimum atomic E-state index is -2.91. The summed E-state index contributed by atoms with van der Waals surface area (Å²) < 4.78 is 2.05. The van der Waals surface area contributed by atoms with Gasteiger partial charge in [0.2, 0.25) is 0 Å². The standard InChI is InChI=1S/3C4H9.C2H2N3.Sn/c3*1-4(2)3;1-3-2-5-4-1;/h3*1-3H3;1H,(H,3,4,5);. The topological polar surface area (TPSA) is 41.6 Å². The van der Waals surface area contributed by atoms with Crippen molar-refractivity contribution in [3.63, 3.8) is 0 Å². The summed E-state index contributed by atoms with van der Waals surface area (Å²) in [5.41, 5.74) is 0. The molecule has 104 valence electrons. The summed E-state index contributed by atoms with van der Waals surface area (Å²) in [6.07, 6.45) is 1.67. The van der Waals surface area contributed by atoms with Crippen LogP contribution in [0.1, 0.15) is 62.3 Å². The van der Waals surface area contributed by atoms with Crippen molar-refractivity contribution >= 4 is 22.2 Å². The van der Waals surface area contributed by atoms with Crippen LogP contribution in [0.3, 0.4) is 0 Å². The van der Waals surface area contributed by atoms with Crippen molar-refractivity contribution in [2.24, 2.45) is 0 Å². The molecule has 1 N–H and O–H groups in total. The van der Waals surface area contributed by atoms with Crippen LogP contribution in [0.15, 0.2) is 6.33 Å². The van der Waals surface area contributed by atoms with Crippen molar-refractivity contribution in [3.8, 4) is 0 Å². The first-order valence-electron chi connectivity index (χ1n) is 6.71. The molecule has 0 aliphatic rings. The number of hydrogen-bond donors (Lipinski definition) is 1. The van der Waals surface area contributed by atoms with Crippen LogP contribution in [0, 0.1) is 0 Å².